The van der Waals surface area contributed by atoms with Crippen molar-refractivity contribution < 1.29 is 9.26 Å². The molecule has 2 saturated heterocycles. The van der Waals surface area contributed by atoms with E-state index >= 15 is 0 Å². The smallest absolute Gasteiger partial charge is 0.142 e. The number of methoxy groups -OCH3 is 1. The summed E-state index contributed by atoms with van der Waals surface area (Å²) < 4.78 is 11.2. The molecule has 0 N–H and O–H groups in total. The first-order valence-electron chi connectivity index (χ1n) is 10.2. The highest BCUT2D eigenvalue weighted by Gasteiger charge is 2.48. The number of fused-ring (bicyclic) bond motifs is 2. The number of benzene rings is 2. The highest BCUT2D eigenvalue weighted by molar-refractivity contribution is 6.30. The molecule has 5 heteroatoms. The molecule has 2 aliphatic rings. The van der Waals surface area contributed by atoms with Gasteiger partial charge >= 0.3 is 0 Å². The second-order valence-electron chi connectivity index (χ2n) is 8.23. The Morgan fingerprint density at radius 2 is 1.83 bits per heavy atom. The number of rotatable bonds is 4. The molecule has 0 aliphatic carbocycles. The fraction of sp³-hybridized carbons (Fsp3) is 0.375. The molecule has 150 valence electrons. The summed E-state index contributed by atoms with van der Waals surface area (Å²) in [5.74, 6) is 2.52. The number of hydrogen-bond acceptors (Lipinski definition) is 4. The molecule has 4 unspecified atom stereocenters. The van der Waals surface area contributed by atoms with Crippen LogP contribution in [0.4, 0.5) is 0 Å². The lowest BCUT2D eigenvalue weighted by Crippen LogP contribution is -2.44. The molecule has 0 amide bonds. The fourth-order valence-electron chi connectivity index (χ4n) is 5.25. The Morgan fingerprint density at radius 1 is 1.07 bits per heavy atom. The normalized spacial score (nSPS) is 26.6. The van der Waals surface area contributed by atoms with E-state index in [1.807, 2.05) is 36.4 Å². The van der Waals surface area contributed by atoms with E-state index in [4.69, 9.17) is 20.9 Å². The van der Waals surface area contributed by atoms with Gasteiger partial charge in [-0.2, -0.15) is 0 Å². The molecule has 2 bridgehead atoms. The SMILES string of the molecule is COc1ccc(-c2cc(C3C(c4ccc(Cl)cc4)CC4CCC3N4C)on2)cc1. The minimum atomic E-state index is 0.291. The van der Waals surface area contributed by atoms with Crippen molar-refractivity contribution in [1.82, 2.24) is 10.1 Å². The van der Waals surface area contributed by atoms with Crippen LogP contribution in [0.1, 0.15) is 42.4 Å². The van der Waals surface area contributed by atoms with E-state index in [0.717, 1.165) is 34.2 Å². The van der Waals surface area contributed by atoms with Gasteiger partial charge in [0.25, 0.3) is 0 Å². The molecule has 29 heavy (non-hydrogen) atoms. The quantitative estimate of drug-likeness (QED) is 0.552. The molecular weight excluding hydrogens is 384 g/mol. The van der Waals surface area contributed by atoms with Gasteiger partial charge in [0.05, 0.1) is 7.11 Å². The van der Waals surface area contributed by atoms with Gasteiger partial charge in [-0.05, 0) is 74.2 Å². The van der Waals surface area contributed by atoms with Crippen LogP contribution in [-0.2, 0) is 0 Å². The lowest BCUT2D eigenvalue weighted by molar-refractivity contribution is 0.122. The van der Waals surface area contributed by atoms with E-state index in [1.54, 1.807) is 7.11 Å². The highest BCUT2D eigenvalue weighted by Crippen LogP contribution is 2.51. The number of halogens is 1. The number of piperidine rings is 1. The van der Waals surface area contributed by atoms with Gasteiger partial charge in [-0.1, -0.05) is 28.9 Å². The van der Waals surface area contributed by atoms with E-state index in [2.05, 4.69) is 35.3 Å². The van der Waals surface area contributed by atoms with Crippen molar-refractivity contribution in [1.29, 1.82) is 0 Å². The van der Waals surface area contributed by atoms with Gasteiger partial charge in [-0.3, -0.25) is 4.90 Å². The molecule has 2 aliphatic heterocycles. The topological polar surface area (TPSA) is 38.5 Å². The van der Waals surface area contributed by atoms with Crippen molar-refractivity contribution in [3.05, 3.63) is 70.9 Å². The summed E-state index contributed by atoms with van der Waals surface area (Å²) in [5.41, 5.74) is 3.25. The average Bonchev–Trinajstić information content (AvgIpc) is 3.31. The second kappa shape index (κ2) is 7.51. The number of likely N-dealkylation sites (N-methyl/N-ethyl adjacent to an activating group) is 1. The summed E-state index contributed by atoms with van der Waals surface area (Å²) >= 11 is 6.14. The van der Waals surface area contributed by atoms with Crippen LogP contribution >= 0.6 is 11.6 Å². The minimum Gasteiger partial charge on any atom is -0.497 e. The van der Waals surface area contributed by atoms with Crippen molar-refractivity contribution in [2.24, 2.45) is 0 Å². The predicted octanol–water partition coefficient (Wildman–Crippen LogP) is 5.74. The molecule has 0 saturated carbocycles. The van der Waals surface area contributed by atoms with Crippen LogP contribution in [-0.4, -0.2) is 36.3 Å². The average molecular weight is 409 g/mol. The fourth-order valence-corrected chi connectivity index (χ4v) is 5.38. The summed E-state index contributed by atoms with van der Waals surface area (Å²) in [6.45, 7) is 0. The van der Waals surface area contributed by atoms with Gasteiger partial charge in [0.1, 0.15) is 17.2 Å². The Balaban J connectivity index is 1.50. The molecule has 4 atom stereocenters. The molecule has 2 fully saturated rings. The van der Waals surface area contributed by atoms with Crippen LogP contribution < -0.4 is 4.74 Å². The second-order valence-corrected chi connectivity index (χ2v) is 8.66. The van der Waals surface area contributed by atoms with Gasteiger partial charge in [0.15, 0.2) is 0 Å². The maximum absolute atomic E-state index is 6.14. The van der Waals surface area contributed by atoms with Gasteiger partial charge in [-0.15, -0.1) is 0 Å². The van der Waals surface area contributed by atoms with Crippen LogP contribution in [0.25, 0.3) is 11.3 Å². The minimum absolute atomic E-state index is 0.291. The molecule has 5 rings (SSSR count). The van der Waals surface area contributed by atoms with Crippen molar-refractivity contribution >= 4 is 11.6 Å². The van der Waals surface area contributed by atoms with Crippen LogP contribution in [0.3, 0.4) is 0 Å². The van der Waals surface area contributed by atoms with Gasteiger partial charge < -0.3 is 9.26 Å². The summed E-state index contributed by atoms with van der Waals surface area (Å²) in [5, 5.41) is 5.19. The molecule has 0 spiro atoms. The number of aromatic nitrogens is 1. The van der Waals surface area contributed by atoms with E-state index in [1.165, 1.54) is 18.4 Å². The summed E-state index contributed by atoms with van der Waals surface area (Å²) in [7, 11) is 3.93. The Hall–Kier alpha value is -2.30. The molecular formula is C24H25ClN2O2. The third-order valence-corrected chi connectivity index (χ3v) is 7.06. The zero-order valence-corrected chi connectivity index (χ0v) is 17.5. The summed E-state index contributed by atoms with van der Waals surface area (Å²) in [6, 6.07) is 19.5. The van der Waals surface area contributed by atoms with Crippen molar-refractivity contribution in [3.63, 3.8) is 0 Å². The third-order valence-electron chi connectivity index (χ3n) is 6.81. The standard InChI is InChI=1S/C24H25ClN2O2/c1-27-18-9-12-22(27)24(20(13-18)15-3-7-17(25)8-4-15)23-14-21(26-29-23)16-5-10-19(28-2)11-6-16/h3-8,10-11,14,18,20,22,24H,9,12-13H2,1-2H3. The van der Waals surface area contributed by atoms with Crippen LogP contribution in [0.2, 0.25) is 5.02 Å². The van der Waals surface area contributed by atoms with E-state index in [-0.39, 0.29) is 0 Å². The molecule has 2 aromatic carbocycles. The van der Waals surface area contributed by atoms with Crippen LogP contribution in [0.15, 0.2) is 59.1 Å². The monoisotopic (exact) mass is 408 g/mol. The number of ether oxygens (including phenoxy) is 1. The first-order chi connectivity index (χ1) is 14.1. The van der Waals surface area contributed by atoms with Gasteiger partial charge in [-0.25, -0.2) is 0 Å². The molecule has 3 heterocycles. The number of hydrogen-bond donors (Lipinski definition) is 0. The maximum atomic E-state index is 6.14. The Labute approximate surface area is 176 Å². The van der Waals surface area contributed by atoms with E-state index in [0.29, 0.717) is 23.9 Å². The van der Waals surface area contributed by atoms with E-state index in [9.17, 15) is 0 Å². The van der Waals surface area contributed by atoms with Crippen LogP contribution in [0, 0.1) is 0 Å². The lowest BCUT2D eigenvalue weighted by Gasteiger charge is -2.42. The zero-order valence-electron chi connectivity index (χ0n) is 16.7. The zero-order chi connectivity index (χ0) is 20.0. The van der Waals surface area contributed by atoms with E-state index < -0.39 is 0 Å². The third kappa shape index (κ3) is 3.34. The largest absolute Gasteiger partial charge is 0.497 e. The van der Waals surface area contributed by atoms with Gasteiger partial charge in [0.2, 0.25) is 0 Å². The highest BCUT2D eigenvalue weighted by atomic mass is 35.5. The van der Waals surface area contributed by atoms with Crippen molar-refractivity contribution in [2.45, 2.75) is 43.2 Å². The first-order valence-corrected chi connectivity index (χ1v) is 10.6. The molecule has 3 aromatic rings. The van der Waals surface area contributed by atoms with Crippen molar-refractivity contribution in [3.8, 4) is 17.0 Å². The van der Waals surface area contributed by atoms with Crippen molar-refractivity contribution in [2.75, 3.05) is 14.2 Å². The Kier molecular flexibility index (Phi) is 4.84. The lowest BCUT2D eigenvalue weighted by atomic mass is 9.75. The van der Waals surface area contributed by atoms with Gasteiger partial charge in [0, 0.05) is 34.7 Å². The summed E-state index contributed by atoms with van der Waals surface area (Å²) in [6.07, 6.45) is 3.59. The first kappa shape index (κ1) is 18.7. The Bertz CT molecular complexity index is 983. The summed E-state index contributed by atoms with van der Waals surface area (Å²) in [4.78, 5) is 2.55. The Morgan fingerprint density at radius 3 is 2.55 bits per heavy atom. The molecule has 0 radical (unpaired) electrons. The maximum Gasteiger partial charge on any atom is 0.142 e. The predicted molar refractivity (Wildman–Crippen MR) is 115 cm³/mol. The molecule has 4 nitrogen and oxygen atoms in total. The molecule has 1 aromatic heterocycles. The van der Waals surface area contributed by atoms with Crippen LogP contribution in [0.5, 0.6) is 5.75 Å². The number of nitrogens with zero attached hydrogens (tertiary/aromatic N) is 2.